The van der Waals surface area contributed by atoms with Crippen molar-refractivity contribution in [3.63, 3.8) is 0 Å². The number of halogens is 1. The smallest absolute Gasteiger partial charge is 0.339 e. The summed E-state index contributed by atoms with van der Waals surface area (Å²) in [7, 11) is 4.70. The Kier molecular flexibility index (Phi) is 5.66. The van der Waals surface area contributed by atoms with E-state index >= 15 is 0 Å². The van der Waals surface area contributed by atoms with Crippen molar-refractivity contribution in [2.45, 2.75) is 6.42 Å². The van der Waals surface area contributed by atoms with Crippen molar-refractivity contribution in [1.82, 2.24) is 9.80 Å². The number of likely N-dealkylation sites (tertiary alicyclic amines) is 1. The number of anilines is 1. The van der Waals surface area contributed by atoms with E-state index in [2.05, 4.69) is 10.1 Å². The number of benzene rings is 1. The molecule has 3 amide bonds. The van der Waals surface area contributed by atoms with Gasteiger partial charge in [-0.25, -0.2) is 9.59 Å². The maximum atomic E-state index is 12.2. The number of nitrogens with zero attached hydrogens (tertiary/aromatic N) is 2. The maximum absolute atomic E-state index is 12.2. The number of carbonyl (C=O) groups excluding carboxylic acids is 3. The fourth-order valence-corrected chi connectivity index (χ4v) is 2.89. The SMILES string of the molecule is COC(=O)c1ccc(NC(=O)N(C)C[C@H]2CC(=O)N(C)C2)cc1Cl. The lowest BCUT2D eigenvalue weighted by molar-refractivity contribution is -0.126. The highest BCUT2D eigenvalue weighted by Gasteiger charge is 2.28. The molecular formula is C16H20ClN3O4. The Morgan fingerprint density at radius 2 is 2.17 bits per heavy atom. The number of methoxy groups -OCH3 is 1. The van der Waals surface area contributed by atoms with Gasteiger partial charge in [-0.3, -0.25) is 4.79 Å². The summed E-state index contributed by atoms with van der Waals surface area (Å²) in [6.45, 7) is 1.13. The molecule has 24 heavy (non-hydrogen) atoms. The number of rotatable bonds is 4. The molecule has 0 spiro atoms. The average molecular weight is 354 g/mol. The van der Waals surface area contributed by atoms with Gasteiger partial charge < -0.3 is 19.9 Å². The topological polar surface area (TPSA) is 79.0 Å². The number of hydrogen-bond acceptors (Lipinski definition) is 4. The van der Waals surface area contributed by atoms with Crippen molar-refractivity contribution in [1.29, 1.82) is 0 Å². The minimum absolute atomic E-state index is 0.0963. The van der Waals surface area contributed by atoms with Crippen LogP contribution in [0.5, 0.6) is 0 Å². The zero-order chi connectivity index (χ0) is 17.9. The molecule has 0 saturated carbocycles. The molecule has 0 aromatic heterocycles. The second-order valence-corrected chi connectivity index (χ2v) is 6.25. The Hall–Kier alpha value is -2.28. The second-order valence-electron chi connectivity index (χ2n) is 5.84. The summed E-state index contributed by atoms with van der Waals surface area (Å²) in [6, 6.07) is 4.26. The molecule has 1 aromatic rings. The molecule has 8 heteroatoms. The number of urea groups is 1. The molecule has 130 valence electrons. The van der Waals surface area contributed by atoms with Crippen LogP contribution in [0.25, 0.3) is 0 Å². The van der Waals surface area contributed by atoms with Gasteiger partial charge in [0.15, 0.2) is 0 Å². The van der Waals surface area contributed by atoms with Crippen LogP contribution in [0.3, 0.4) is 0 Å². The van der Waals surface area contributed by atoms with Gasteiger partial charge in [0.05, 0.1) is 17.7 Å². The quantitative estimate of drug-likeness (QED) is 0.840. The lowest BCUT2D eigenvalue weighted by Gasteiger charge is -2.21. The van der Waals surface area contributed by atoms with Crippen LogP contribution in [0.2, 0.25) is 5.02 Å². The van der Waals surface area contributed by atoms with Crippen LogP contribution < -0.4 is 5.32 Å². The molecule has 1 aliphatic rings. The third kappa shape index (κ3) is 4.17. The van der Waals surface area contributed by atoms with Crippen molar-refractivity contribution >= 4 is 35.2 Å². The lowest BCUT2D eigenvalue weighted by Crippen LogP contribution is -2.36. The number of amides is 3. The molecule has 1 N–H and O–H groups in total. The monoisotopic (exact) mass is 353 g/mol. The third-order valence-electron chi connectivity index (χ3n) is 3.93. The highest BCUT2D eigenvalue weighted by Crippen LogP contribution is 2.22. The van der Waals surface area contributed by atoms with Gasteiger partial charge in [0.25, 0.3) is 0 Å². The zero-order valence-electron chi connectivity index (χ0n) is 13.8. The molecule has 1 heterocycles. The minimum atomic E-state index is -0.537. The predicted octanol–water partition coefficient (Wildman–Crippen LogP) is 2.07. The molecule has 1 fully saturated rings. The molecular weight excluding hydrogens is 334 g/mol. The second kappa shape index (κ2) is 7.53. The van der Waals surface area contributed by atoms with E-state index in [4.69, 9.17) is 11.6 Å². The zero-order valence-corrected chi connectivity index (χ0v) is 14.6. The number of esters is 1. The summed E-state index contributed by atoms with van der Waals surface area (Å²) in [5.74, 6) is -0.312. The van der Waals surface area contributed by atoms with Gasteiger partial charge in [-0.15, -0.1) is 0 Å². The highest BCUT2D eigenvalue weighted by atomic mass is 35.5. The van der Waals surface area contributed by atoms with Gasteiger partial charge in [0, 0.05) is 45.2 Å². The van der Waals surface area contributed by atoms with E-state index in [0.29, 0.717) is 25.2 Å². The van der Waals surface area contributed by atoms with Crippen molar-refractivity contribution in [3.8, 4) is 0 Å². The van der Waals surface area contributed by atoms with E-state index in [-0.39, 0.29) is 28.4 Å². The highest BCUT2D eigenvalue weighted by molar-refractivity contribution is 6.33. The first-order valence-electron chi connectivity index (χ1n) is 7.45. The van der Waals surface area contributed by atoms with Crippen LogP contribution in [0.1, 0.15) is 16.8 Å². The fourth-order valence-electron chi connectivity index (χ4n) is 2.64. The Morgan fingerprint density at radius 3 is 2.71 bits per heavy atom. The van der Waals surface area contributed by atoms with Gasteiger partial charge in [-0.05, 0) is 18.2 Å². The van der Waals surface area contributed by atoms with Gasteiger partial charge in [-0.1, -0.05) is 11.6 Å². The van der Waals surface area contributed by atoms with Crippen molar-refractivity contribution in [2.24, 2.45) is 5.92 Å². The number of ether oxygens (including phenoxy) is 1. The third-order valence-corrected chi connectivity index (χ3v) is 4.24. The fraction of sp³-hybridized carbons (Fsp3) is 0.438. The molecule has 7 nitrogen and oxygen atoms in total. The van der Waals surface area contributed by atoms with Crippen LogP contribution in [0.15, 0.2) is 18.2 Å². The molecule has 0 aliphatic carbocycles. The maximum Gasteiger partial charge on any atom is 0.339 e. The molecule has 1 aliphatic heterocycles. The Labute approximate surface area is 145 Å². The first-order chi connectivity index (χ1) is 11.3. The summed E-state index contributed by atoms with van der Waals surface area (Å²) < 4.78 is 4.62. The Morgan fingerprint density at radius 1 is 1.46 bits per heavy atom. The van der Waals surface area contributed by atoms with Gasteiger partial charge in [0.1, 0.15) is 0 Å². The van der Waals surface area contributed by atoms with E-state index in [1.54, 1.807) is 25.1 Å². The number of hydrogen-bond donors (Lipinski definition) is 1. The van der Waals surface area contributed by atoms with Crippen LogP contribution >= 0.6 is 11.6 Å². The number of nitrogens with one attached hydrogen (secondary N) is 1. The van der Waals surface area contributed by atoms with Crippen molar-refractivity contribution < 1.29 is 19.1 Å². The lowest BCUT2D eigenvalue weighted by atomic mass is 10.1. The van der Waals surface area contributed by atoms with Crippen molar-refractivity contribution in [2.75, 3.05) is 39.6 Å². The molecule has 2 rings (SSSR count). The summed E-state index contributed by atoms with van der Waals surface area (Å²) in [5.41, 5.74) is 0.710. The minimum Gasteiger partial charge on any atom is -0.465 e. The van der Waals surface area contributed by atoms with Gasteiger partial charge >= 0.3 is 12.0 Å². The first kappa shape index (κ1) is 18.1. The molecule has 0 unspecified atom stereocenters. The molecule has 0 bridgehead atoms. The number of carbonyl (C=O) groups is 3. The normalized spacial score (nSPS) is 16.9. The molecule has 1 saturated heterocycles. The molecule has 1 aromatic carbocycles. The van der Waals surface area contributed by atoms with E-state index in [1.807, 2.05) is 0 Å². The van der Waals surface area contributed by atoms with Gasteiger partial charge in [-0.2, -0.15) is 0 Å². The van der Waals surface area contributed by atoms with E-state index in [1.165, 1.54) is 24.1 Å². The Bertz CT molecular complexity index is 665. The molecule has 0 radical (unpaired) electrons. The van der Waals surface area contributed by atoms with Crippen LogP contribution in [-0.4, -0.2) is 62.0 Å². The van der Waals surface area contributed by atoms with E-state index in [9.17, 15) is 14.4 Å². The van der Waals surface area contributed by atoms with Gasteiger partial charge in [0.2, 0.25) is 5.91 Å². The largest absolute Gasteiger partial charge is 0.465 e. The van der Waals surface area contributed by atoms with Crippen molar-refractivity contribution in [3.05, 3.63) is 28.8 Å². The first-order valence-corrected chi connectivity index (χ1v) is 7.83. The molecule has 1 atom stereocenters. The van der Waals surface area contributed by atoms with Crippen LogP contribution in [0.4, 0.5) is 10.5 Å². The van der Waals surface area contributed by atoms with E-state index in [0.717, 1.165) is 0 Å². The average Bonchev–Trinajstić information content (AvgIpc) is 2.84. The van der Waals surface area contributed by atoms with Crippen LogP contribution in [-0.2, 0) is 9.53 Å². The summed E-state index contributed by atoms with van der Waals surface area (Å²) in [6.07, 6.45) is 0.452. The van der Waals surface area contributed by atoms with Crippen LogP contribution in [0, 0.1) is 5.92 Å². The summed E-state index contributed by atoms with van der Waals surface area (Å²) in [4.78, 5) is 38.4. The summed E-state index contributed by atoms with van der Waals surface area (Å²) >= 11 is 6.03. The Balaban J connectivity index is 1.95. The van der Waals surface area contributed by atoms with E-state index < -0.39 is 5.97 Å². The predicted molar refractivity (Wildman–Crippen MR) is 90.2 cm³/mol. The standard InChI is InChI=1S/C16H20ClN3O4/c1-19-8-10(6-14(19)21)9-20(2)16(23)18-11-4-5-12(13(17)7-11)15(22)24-3/h4-5,7,10H,6,8-9H2,1-3H3,(H,18,23)/t10-/m0/s1. The summed E-state index contributed by atoms with van der Waals surface area (Å²) in [5, 5.41) is 2.91.